The molecule has 0 bridgehead atoms. The maximum Gasteiger partial charge on any atom is 0.0594 e. The average molecular weight is 557 g/mol. The van der Waals surface area contributed by atoms with Crippen molar-refractivity contribution in [1.82, 2.24) is 0 Å². The van der Waals surface area contributed by atoms with Crippen molar-refractivity contribution in [3.8, 4) is 0 Å². The lowest BCUT2D eigenvalue weighted by Crippen LogP contribution is -2.13. The Morgan fingerprint density at radius 1 is 0.237 bits per heavy atom. The molecule has 0 aromatic carbocycles. The van der Waals surface area contributed by atoms with Gasteiger partial charge in [-0.2, -0.15) is 0 Å². The Morgan fingerprint density at radius 2 is 0.395 bits per heavy atom. The van der Waals surface area contributed by atoms with Gasteiger partial charge in [0.2, 0.25) is 0 Å². The molecule has 0 saturated carbocycles. The van der Waals surface area contributed by atoms with Crippen LogP contribution in [-0.2, 0) is 0 Å². The van der Waals surface area contributed by atoms with Crippen LogP contribution in [0, 0.1) is 0 Å². The summed E-state index contributed by atoms with van der Waals surface area (Å²) in [6.07, 6.45) is 48.2. The molecule has 1 nitrogen and oxygen atoms in total. The van der Waals surface area contributed by atoms with Crippen LogP contribution in [0.25, 0.3) is 0 Å². The molecule has 1 N–H and O–H groups in total. The molecule has 0 unspecified atom stereocenters. The normalized spacial score (nSPS) is 11.7. The van der Waals surface area contributed by atoms with Crippen LogP contribution in [0.4, 0.5) is 0 Å². The van der Waals surface area contributed by atoms with Gasteiger partial charge in [0, 0.05) is 7.26 Å². The first kappa shape index (κ1) is 40.5. The van der Waals surface area contributed by atoms with E-state index in [1.54, 1.807) is 50.3 Å². The Hall–Kier alpha value is 0.390. The molecule has 0 aromatic rings. The van der Waals surface area contributed by atoms with Gasteiger partial charge < -0.3 is 5.48 Å². The van der Waals surface area contributed by atoms with Gasteiger partial charge in [0.1, 0.15) is 0 Å². The van der Waals surface area contributed by atoms with Crippen LogP contribution >= 0.6 is 7.26 Å². The largest absolute Gasteiger partial charge is 0.870 e. The highest BCUT2D eigenvalue weighted by molar-refractivity contribution is 7.75. The lowest BCUT2D eigenvalue weighted by Gasteiger charge is -2.28. The fourth-order valence-corrected chi connectivity index (χ4v) is 11.2. The van der Waals surface area contributed by atoms with Crippen LogP contribution in [0.5, 0.6) is 0 Å². The zero-order chi connectivity index (χ0) is 27.1. The van der Waals surface area contributed by atoms with Crippen molar-refractivity contribution < 1.29 is 5.48 Å². The molecular weight excluding hydrogens is 479 g/mol. The summed E-state index contributed by atoms with van der Waals surface area (Å²) in [5.41, 5.74) is 0. The van der Waals surface area contributed by atoms with Crippen LogP contribution in [0.1, 0.15) is 207 Å². The summed E-state index contributed by atoms with van der Waals surface area (Å²) in [5, 5.41) is 0. The van der Waals surface area contributed by atoms with E-state index in [9.17, 15) is 0 Å². The fourth-order valence-electron chi connectivity index (χ4n) is 6.29. The van der Waals surface area contributed by atoms with Crippen LogP contribution in [-0.4, -0.2) is 30.1 Å². The Balaban J connectivity index is 0. The molecule has 0 spiro atoms. The summed E-state index contributed by atoms with van der Waals surface area (Å²) in [5.74, 6) is 0. The van der Waals surface area contributed by atoms with E-state index in [0.29, 0.717) is 0 Å². The summed E-state index contributed by atoms with van der Waals surface area (Å²) in [7, 11) is -0.742. The van der Waals surface area contributed by atoms with Gasteiger partial charge in [-0.25, -0.2) is 0 Å². The highest BCUT2D eigenvalue weighted by Gasteiger charge is 2.34. The van der Waals surface area contributed by atoms with Gasteiger partial charge in [-0.15, -0.1) is 0 Å². The van der Waals surface area contributed by atoms with Crippen molar-refractivity contribution in [3.05, 3.63) is 0 Å². The van der Waals surface area contributed by atoms with Crippen molar-refractivity contribution in [3.63, 3.8) is 0 Å². The molecule has 2 heteroatoms. The van der Waals surface area contributed by atoms with Crippen molar-refractivity contribution in [2.75, 3.05) is 24.6 Å². The van der Waals surface area contributed by atoms with Gasteiger partial charge in [-0.05, 0) is 51.4 Å². The molecule has 0 rings (SSSR count). The Labute approximate surface area is 244 Å². The molecule has 0 saturated heterocycles. The molecule has 0 fully saturated rings. The molecule has 0 amide bonds. The van der Waals surface area contributed by atoms with Crippen LogP contribution < -0.4 is 0 Å². The maximum absolute atomic E-state index is 2.34. The van der Waals surface area contributed by atoms with E-state index in [1.807, 2.05) is 0 Å². The maximum atomic E-state index is 2.34. The number of unbranched alkanes of at least 4 members (excludes halogenated alkanes) is 24. The second-order valence-electron chi connectivity index (χ2n) is 12.7. The topological polar surface area (TPSA) is 30.0 Å². The third-order valence-electron chi connectivity index (χ3n) is 8.94. The minimum Gasteiger partial charge on any atom is -0.870 e. The number of hydrogen-bond acceptors (Lipinski definition) is 1. The summed E-state index contributed by atoms with van der Waals surface area (Å²) < 4.78 is 0. The summed E-state index contributed by atoms with van der Waals surface area (Å²) >= 11 is 0. The van der Waals surface area contributed by atoms with Gasteiger partial charge in [0.25, 0.3) is 0 Å². The average Bonchev–Trinajstić information content (AvgIpc) is 2.91. The minimum atomic E-state index is -0.742. The van der Waals surface area contributed by atoms with E-state index in [2.05, 4.69) is 27.7 Å². The van der Waals surface area contributed by atoms with Gasteiger partial charge in [-0.1, -0.05) is 156 Å². The second-order valence-corrected chi connectivity index (χ2v) is 17.2. The molecule has 0 radical (unpaired) electrons. The van der Waals surface area contributed by atoms with E-state index in [0.717, 1.165) is 0 Å². The van der Waals surface area contributed by atoms with E-state index in [4.69, 9.17) is 0 Å². The Morgan fingerprint density at radius 3 is 0.579 bits per heavy atom. The fraction of sp³-hybridized carbons (Fsp3) is 1.00. The van der Waals surface area contributed by atoms with Crippen molar-refractivity contribution in [2.24, 2.45) is 0 Å². The minimum absolute atomic E-state index is 0. The van der Waals surface area contributed by atoms with Crippen LogP contribution in [0.2, 0.25) is 0 Å². The highest BCUT2D eigenvalue weighted by atomic mass is 31.2. The van der Waals surface area contributed by atoms with Crippen molar-refractivity contribution >= 4 is 7.26 Å². The molecule has 38 heavy (non-hydrogen) atoms. The Kier molecular flexibility index (Phi) is 35.8. The quantitative estimate of drug-likeness (QED) is 0.0598. The van der Waals surface area contributed by atoms with Crippen LogP contribution in [0.3, 0.4) is 0 Å². The zero-order valence-electron chi connectivity index (χ0n) is 27.5. The first-order valence-corrected chi connectivity index (χ1v) is 20.6. The molecule has 0 aliphatic rings. The summed E-state index contributed by atoms with van der Waals surface area (Å²) in [6, 6.07) is 0. The van der Waals surface area contributed by atoms with Gasteiger partial charge in [-0.3, -0.25) is 0 Å². The molecule has 0 heterocycles. The van der Waals surface area contributed by atoms with E-state index in [-0.39, 0.29) is 5.48 Å². The standard InChI is InChI=1S/C36H76P.H2O/c1-5-9-13-17-21-25-29-33-37(34-30-26-22-18-14-10-6-2,35-31-27-23-19-15-11-7-3)36-32-28-24-20-16-12-8-4;/h5-36H2,1-4H3;1H2/q+1;/p-1. The van der Waals surface area contributed by atoms with Gasteiger partial charge in [0.05, 0.1) is 24.6 Å². The molecular formula is C36H77OP. The first-order valence-electron chi connectivity index (χ1n) is 18.1. The second kappa shape index (κ2) is 33.6. The molecule has 0 atom stereocenters. The first-order chi connectivity index (χ1) is 18.2. The predicted molar refractivity (Wildman–Crippen MR) is 180 cm³/mol. The molecule has 0 aromatic heterocycles. The molecule has 232 valence electrons. The van der Waals surface area contributed by atoms with Gasteiger partial charge in [0.15, 0.2) is 0 Å². The van der Waals surface area contributed by atoms with Gasteiger partial charge >= 0.3 is 0 Å². The van der Waals surface area contributed by atoms with E-state index in [1.165, 1.54) is 154 Å². The molecule has 0 aliphatic carbocycles. The number of hydrogen-bond donors (Lipinski definition) is 0. The number of rotatable bonds is 32. The summed E-state index contributed by atoms with van der Waals surface area (Å²) in [6.45, 7) is 9.37. The lowest BCUT2D eigenvalue weighted by molar-refractivity contribution is 0.591. The predicted octanol–water partition coefficient (Wildman–Crippen LogP) is 13.8. The lowest BCUT2D eigenvalue weighted by atomic mass is 10.1. The van der Waals surface area contributed by atoms with Crippen molar-refractivity contribution in [1.29, 1.82) is 0 Å². The zero-order valence-corrected chi connectivity index (χ0v) is 28.4. The van der Waals surface area contributed by atoms with Crippen molar-refractivity contribution in [2.45, 2.75) is 207 Å². The van der Waals surface area contributed by atoms with E-state index < -0.39 is 7.26 Å². The smallest absolute Gasteiger partial charge is 0.0594 e. The molecule has 0 aliphatic heterocycles. The summed E-state index contributed by atoms with van der Waals surface area (Å²) in [4.78, 5) is 0. The van der Waals surface area contributed by atoms with Crippen LogP contribution in [0.15, 0.2) is 0 Å². The van der Waals surface area contributed by atoms with E-state index >= 15 is 0 Å². The third kappa shape index (κ3) is 27.9. The highest BCUT2D eigenvalue weighted by Crippen LogP contribution is 2.61. The Bertz CT molecular complexity index is 333. The third-order valence-corrected chi connectivity index (χ3v) is 14.0. The monoisotopic (exact) mass is 557 g/mol. The SMILES string of the molecule is CCCCCCCCC[P+](CCCCCCCCC)(CCCCCCCCC)CCCCCCCCC.[OH-].